The van der Waals surface area contributed by atoms with E-state index in [1.54, 1.807) is 24.3 Å². The van der Waals surface area contributed by atoms with Crippen LogP contribution in [0.5, 0.6) is 5.75 Å². The number of nitrogens with two attached hydrogens (primary N) is 1. The second-order valence-corrected chi connectivity index (χ2v) is 11.3. The molecule has 200 valence electrons. The third-order valence-electron chi connectivity index (χ3n) is 6.49. The Balaban J connectivity index is 1.92. The summed E-state index contributed by atoms with van der Waals surface area (Å²) in [4.78, 5) is 40.2. The summed E-state index contributed by atoms with van der Waals surface area (Å²) >= 11 is 4.45. The smallest absolute Gasteiger partial charge is 0.337 e. The van der Waals surface area contributed by atoms with E-state index in [0.717, 1.165) is 4.90 Å². The molecule has 37 heavy (non-hydrogen) atoms. The van der Waals surface area contributed by atoms with Crippen LogP contribution in [0.1, 0.15) is 43.4 Å². The first kappa shape index (κ1) is 28.6. The second kappa shape index (κ2) is 11.6. The lowest BCUT2D eigenvalue weighted by atomic mass is 9.90. The van der Waals surface area contributed by atoms with Crippen molar-refractivity contribution in [2.45, 2.75) is 54.3 Å². The lowest BCUT2D eigenvalue weighted by molar-refractivity contribution is -0.163. The number of likely N-dealkylation sites (tertiary alicyclic amines) is 1. The van der Waals surface area contributed by atoms with Gasteiger partial charge in [0.15, 0.2) is 5.78 Å². The number of Topliss-reactive ketones (excluding diaryl/α,β-unsaturated/α-hetero) is 1. The van der Waals surface area contributed by atoms with Gasteiger partial charge in [-0.3, -0.25) is 9.59 Å². The number of ketones is 1. The average molecular weight is 550 g/mol. The van der Waals surface area contributed by atoms with E-state index in [9.17, 15) is 33.0 Å². The number of aliphatic carboxylic acids is 1. The van der Waals surface area contributed by atoms with E-state index in [2.05, 4.69) is 17.4 Å². The van der Waals surface area contributed by atoms with Crippen LogP contribution in [-0.4, -0.2) is 65.1 Å². The van der Waals surface area contributed by atoms with Gasteiger partial charge in [-0.1, -0.05) is 31.2 Å². The van der Waals surface area contributed by atoms with Crippen molar-refractivity contribution in [2.75, 3.05) is 13.1 Å². The van der Waals surface area contributed by atoms with Crippen molar-refractivity contribution < 1.29 is 33.0 Å². The highest BCUT2D eigenvalue weighted by Crippen LogP contribution is 2.45. The zero-order chi connectivity index (χ0) is 27.4. The van der Waals surface area contributed by atoms with Gasteiger partial charge in [0.2, 0.25) is 21.5 Å². The number of carbonyl (C=O) groups is 3. The van der Waals surface area contributed by atoms with Gasteiger partial charge in [-0.25, -0.2) is 17.9 Å². The summed E-state index contributed by atoms with van der Waals surface area (Å²) in [6, 6.07) is 11.3. The normalized spacial score (nSPS) is 20.5. The lowest BCUT2D eigenvalue weighted by Crippen LogP contribution is -2.62. The summed E-state index contributed by atoms with van der Waals surface area (Å²) in [6.07, 6.45) is 0.735. The van der Waals surface area contributed by atoms with Gasteiger partial charge >= 0.3 is 5.97 Å². The van der Waals surface area contributed by atoms with E-state index in [0.29, 0.717) is 24.1 Å². The first-order valence-corrected chi connectivity index (χ1v) is 13.8. The molecule has 1 aliphatic heterocycles. The molecule has 0 radical (unpaired) electrons. The summed E-state index contributed by atoms with van der Waals surface area (Å²) in [5, 5.41) is 19.1. The van der Waals surface area contributed by atoms with Gasteiger partial charge < -0.3 is 20.8 Å². The largest absolute Gasteiger partial charge is 0.508 e. The fourth-order valence-electron chi connectivity index (χ4n) is 4.62. The number of sulfonamides is 1. The topological polar surface area (TPSA) is 167 Å². The Morgan fingerprint density at radius 2 is 1.89 bits per heavy atom. The Hall–Kier alpha value is -2.93. The molecule has 1 fully saturated rings. The van der Waals surface area contributed by atoms with Crippen molar-refractivity contribution in [3.05, 3.63) is 59.7 Å². The summed E-state index contributed by atoms with van der Waals surface area (Å²) in [5.74, 6) is -3.02. The molecular formula is C25H31N3O7S2. The predicted molar refractivity (Wildman–Crippen MR) is 140 cm³/mol. The Bertz CT molecular complexity index is 1270. The van der Waals surface area contributed by atoms with Crippen LogP contribution < -0.4 is 10.5 Å². The molecule has 10 nitrogen and oxygen atoms in total. The molecule has 1 aliphatic rings. The maximum absolute atomic E-state index is 13.7. The number of phenols is 1. The minimum Gasteiger partial charge on any atom is -0.508 e. The van der Waals surface area contributed by atoms with Crippen LogP contribution in [0.4, 0.5) is 0 Å². The van der Waals surface area contributed by atoms with Gasteiger partial charge in [-0.15, -0.1) is 0 Å². The number of carboxylic acids is 1. The number of amides is 1. The van der Waals surface area contributed by atoms with Gasteiger partial charge in [0.1, 0.15) is 5.75 Å². The summed E-state index contributed by atoms with van der Waals surface area (Å²) in [5.41, 5.74) is 4.48. The van der Waals surface area contributed by atoms with Gasteiger partial charge in [0, 0.05) is 6.54 Å². The lowest BCUT2D eigenvalue weighted by Gasteiger charge is -2.38. The SMILES string of the molecule is CCCNS(=O)(=O)c1ccc(CC(S)C(=O)N2C(c3cccc(O)c3)CCC2(C(=O)O)C(=O)CN)cc1. The van der Waals surface area contributed by atoms with Crippen molar-refractivity contribution in [1.82, 2.24) is 9.62 Å². The van der Waals surface area contributed by atoms with E-state index in [1.165, 1.54) is 24.3 Å². The number of aromatic hydroxyl groups is 1. The van der Waals surface area contributed by atoms with E-state index < -0.39 is 51.1 Å². The fraction of sp³-hybridized carbons (Fsp3) is 0.400. The molecule has 0 saturated carbocycles. The summed E-state index contributed by atoms with van der Waals surface area (Å²) in [7, 11) is -3.66. The molecule has 2 aromatic carbocycles. The molecule has 0 aromatic heterocycles. The molecule has 3 rings (SSSR count). The number of phenolic OH excluding ortho intramolecular Hbond substituents is 1. The van der Waals surface area contributed by atoms with E-state index in [-0.39, 0.29) is 29.9 Å². The molecule has 0 bridgehead atoms. The van der Waals surface area contributed by atoms with Crippen molar-refractivity contribution in [2.24, 2.45) is 5.73 Å². The molecule has 3 atom stereocenters. The Morgan fingerprint density at radius 3 is 2.46 bits per heavy atom. The molecule has 3 unspecified atom stereocenters. The van der Waals surface area contributed by atoms with Gasteiger partial charge in [-0.2, -0.15) is 12.6 Å². The van der Waals surface area contributed by atoms with Crippen LogP contribution in [-0.2, 0) is 30.8 Å². The number of nitrogens with zero attached hydrogens (tertiary/aromatic N) is 1. The Morgan fingerprint density at radius 1 is 1.22 bits per heavy atom. The number of hydrogen-bond donors (Lipinski definition) is 5. The van der Waals surface area contributed by atoms with Crippen LogP contribution in [0.2, 0.25) is 0 Å². The molecule has 0 aliphatic carbocycles. The highest BCUT2D eigenvalue weighted by molar-refractivity contribution is 7.89. The van der Waals surface area contributed by atoms with Crippen molar-refractivity contribution in [3.63, 3.8) is 0 Å². The summed E-state index contributed by atoms with van der Waals surface area (Å²) < 4.78 is 27.1. The summed E-state index contributed by atoms with van der Waals surface area (Å²) in [6.45, 7) is 1.59. The van der Waals surface area contributed by atoms with Crippen molar-refractivity contribution >= 4 is 40.3 Å². The number of benzene rings is 2. The Labute approximate surface area is 221 Å². The fourth-order valence-corrected chi connectivity index (χ4v) is 6.09. The standard InChI is InChI=1S/C25H31N3O7S2/c1-2-12-27-37(34,35)19-8-6-16(7-9-19)13-21(36)23(31)28-20(17-4-3-5-18(29)14-17)10-11-25(28,24(32)33)22(30)15-26/h3-9,14,20-21,27,29,36H,2,10-13,15,26H2,1H3,(H,32,33). The van der Waals surface area contributed by atoms with Crippen LogP contribution in [0.3, 0.4) is 0 Å². The molecule has 1 heterocycles. The van der Waals surface area contributed by atoms with Crippen molar-refractivity contribution in [3.8, 4) is 5.75 Å². The Kier molecular flexibility index (Phi) is 9.00. The minimum atomic E-state index is -3.66. The van der Waals surface area contributed by atoms with Gasteiger partial charge in [-0.05, 0) is 61.1 Å². The molecule has 12 heteroatoms. The van der Waals surface area contributed by atoms with E-state index in [4.69, 9.17) is 5.73 Å². The van der Waals surface area contributed by atoms with Crippen LogP contribution in [0, 0.1) is 0 Å². The van der Waals surface area contributed by atoms with Crippen LogP contribution in [0.25, 0.3) is 0 Å². The molecule has 5 N–H and O–H groups in total. The number of nitrogens with one attached hydrogen (secondary N) is 1. The zero-order valence-corrected chi connectivity index (χ0v) is 22.0. The third kappa shape index (κ3) is 5.82. The average Bonchev–Trinajstić information content (AvgIpc) is 3.28. The monoisotopic (exact) mass is 549 g/mol. The zero-order valence-electron chi connectivity index (χ0n) is 20.3. The quantitative estimate of drug-likeness (QED) is 0.208. The van der Waals surface area contributed by atoms with Gasteiger partial charge in [0.05, 0.1) is 22.7 Å². The maximum Gasteiger partial charge on any atom is 0.337 e. The van der Waals surface area contributed by atoms with Crippen LogP contribution in [0.15, 0.2) is 53.4 Å². The highest BCUT2D eigenvalue weighted by atomic mass is 32.2. The van der Waals surface area contributed by atoms with Crippen molar-refractivity contribution in [1.29, 1.82) is 0 Å². The van der Waals surface area contributed by atoms with Crippen LogP contribution >= 0.6 is 12.6 Å². The number of hydrogen-bond acceptors (Lipinski definition) is 8. The van der Waals surface area contributed by atoms with Gasteiger partial charge in [0.25, 0.3) is 0 Å². The van der Waals surface area contributed by atoms with E-state index >= 15 is 0 Å². The first-order valence-electron chi connectivity index (χ1n) is 11.8. The minimum absolute atomic E-state index is 0.0560. The van der Waals surface area contributed by atoms with E-state index in [1.807, 2.05) is 6.92 Å². The molecular weight excluding hydrogens is 518 g/mol. The number of carbonyl (C=O) groups excluding carboxylic acids is 2. The number of thiol groups is 1. The predicted octanol–water partition coefficient (Wildman–Crippen LogP) is 1.64. The molecule has 0 spiro atoms. The number of carboxylic acid groups (broad SMARTS) is 1. The first-order chi connectivity index (χ1) is 17.5. The molecule has 2 aromatic rings. The second-order valence-electron chi connectivity index (χ2n) is 8.91. The third-order valence-corrected chi connectivity index (χ3v) is 8.37. The highest BCUT2D eigenvalue weighted by Gasteiger charge is 2.59. The molecule has 1 amide bonds. The molecule has 1 saturated heterocycles. The number of rotatable bonds is 11. The maximum atomic E-state index is 13.7.